The van der Waals surface area contributed by atoms with Crippen LogP contribution in [0.5, 0.6) is 0 Å². The average Bonchev–Trinajstić information content (AvgIpc) is 1.39. The van der Waals surface area contributed by atoms with Crippen LogP contribution in [0.3, 0.4) is 0 Å². The molecule has 0 aromatic carbocycles. The zero-order chi connectivity index (χ0) is 5.41. The summed E-state index contributed by atoms with van der Waals surface area (Å²) < 4.78 is 0. The van der Waals surface area contributed by atoms with Crippen LogP contribution < -0.4 is 0 Å². The molecule has 0 aliphatic heterocycles. The Kier molecular flexibility index (Phi) is 69.0. The van der Waals surface area contributed by atoms with E-state index >= 15 is 0 Å². The molecule has 40 valence electrons. The van der Waals surface area contributed by atoms with Gasteiger partial charge >= 0.3 is 0 Å². The topological polar surface area (TPSA) is 0 Å². The maximum atomic E-state index is 3.25. The van der Waals surface area contributed by atoms with Gasteiger partial charge in [-0.3, -0.25) is 0 Å². The van der Waals surface area contributed by atoms with Crippen molar-refractivity contribution in [1.29, 1.82) is 0 Å². The summed E-state index contributed by atoms with van der Waals surface area (Å²) in [6.45, 7) is 13.0. The summed E-state index contributed by atoms with van der Waals surface area (Å²) in [6.07, 6.45) is 3.00. The smallest absolute Gasteiger partial charge is 0 e. The minimum Gasteiger partial charge on any atom is -0.245 e. The molecule has 0 nitrogen and oxygen atoms in total. The molecule has 0 aliphatic rings. The van der Waals surface area contributed by atoms with Crippen molar-refractivity contribution >= 4 is 0 Å². The standard InChI is InChI=1S/2C3H5.Nd/c2*1-3-2;/h2*3H,1-2H2;/q2*-1;. The molecule has 0 saturated heterocycles. The van der Waals surface area contributed by atoms with Gasteiger partial charge in [-0.15, -0.1) is 0 Å². The molecule has 0 N–H and O–H groups in total. The molecular formula is C6H10Nd-2. The van der Waals surface area contributed by atoms with E-state index in [4.69, 9.17) is 0 Å². The van der Waals surface area contributed by atoms with Gasteiger partial charge < -0.3 is 0 Å². The van der Waals surface area contributed by atoms with Gasteiger partial charge in [-0.1, -0.05) is 0 Å². The quantitative estimate of drug-likeness (QED) is 0.554. The Morgan fingerprint density at radius 1 is 1.00 bits per heavy atom. The van der Waals surface area contributed by atoms with Gasteiger partial charge in [0, 0.05) is 40.8 Å². The predicted octanol–water partition coefficient (Wildman–Crippen LogP) is 2.01. The van der Waals surface area contributed by atoms with E-state index in [1.54, 1.807) is 0 Å². The van der Waals surface area contributed by atoms with E-state index in [9.17, 15) is 0 Å². The second kappa shape index (κ2) is 30.9. The Balaban J connectivity index is -0.0000000400. The van der Waals surface area contributed by atoms with Gasteiger partial charge in [0.05, 0.1) is 0 Å². The van der Waals surface area contributed by atoms with Crippen LogP contribution in [-0.2, 0) is 0 Å². The number of hydrogen-bond donors (Lipinski definition) is 0. The van der Waals surface area contributed by atoms with Crippen LogP contribution in [-0.4, -0.2) is 0 Å². The van der Waals surface area contributed by atoms with Crippen LogP contribution in [0.25, 0.3) is 0 Å². The summed E-state index contributed by atoms with van der Waals surface area (Å²) in [6, 6.07) is 0. The third-order valence-corrected chi connectivity index (χ3v) is 0. The van der Waals surface area contributed by atoms with E-state index < -0.39 is 0 Å². The molecule has 0 fully saturated rings. The monoisotopic (exact) mass is 224 g/mol. The van der Waals surface area contributed by atoms with Crippen molar-refractivity contribution in [2.75, 3.05) is 0 Å². The zero-order valence-corrected chi connectivity index (χ0v) is 7.69. The Bertz CT molecular complexity index is 25.2. The molecule has 0 rings (SSSR count). The largest absolute Gasteiger partial charge is 0.245 e. The van der Waals surface area contributed by atoms with E-state index in [0.717, 1.165) is 0 Å². The maximum absolute atomic E-state index is 3.25. The van der Waals surface area contributed by atoms with E-state index in [0.29, 0.717) is 0 Å². The fourth-order valence-corrected chi connectivity index (χ4v) is 0. The van der Waals surface area contributed by atoms with Crippen molar-refractivity contribution in [2.45, 2.75) is 0 Å². The maximum Gasteiger partial charge on any atom is 0 e. The summed E-state index contributed by atoms with van der Waals surface area (Å²) in [5.41, 5.74) is 0. The zero-order valence-electron chi connectivity index (χ0n) is 4.48. The van der Waals surface area contributed by atoms with E-state index in [1.165, 1.54) is 12.2 Å². The van der Waals surface area contributed by atoms with Gasteiger partial charge in [0.1, 0.15) is 0 Å². The van der Waals surface area contributed by atoms with Gasteiger partial charge in [-0.25, -0.2) is 39.2 Å². The van der Waals surface area contributed by atoms with Crippen LogP contribution in [0.1, 0.15) is 0 Å². The molecule has 7 heavy (non-hydrogen) atoms. The molecule has 0 amide bonds. The Morgan fingerprint density at radius 3 is 1.00 bits per heavy atom. The third-order valence-electron chi connectivity index (χ3n) is 0. The molecule has 0 unspecified atom stereocenters. The van der Waals surface area contributed by atoms with E-state index in [2.05, 4.69) is 27.0 Å². The summed E-state index contributed by atoms with van der Waals surface area (Å²) >= 11 is 0. The van der Waals surface area contributed by atoms with E-state index in [-0.39, 0.29) is 40.8 Å². The van der Waals surface area contributed by atoms with Crippen molar-refractivity contribution in [3.05, 3.63) is 39.2 Å². The van der Waals surface area contributed by atoms with Gasteiger partial charge in [0.15, 0.2) is 0 Å². The Morgan fingerprint density at radius 2 is 1.00 bits per heavy atom. The molecule has 0 bridgehead atoms. The Hall–Kier alpha value is 0.571. The molecule has 0 aliphatic carbocycles. The molecule has 0 saturated carbocycles. The molecule has 0 aromatic rings. The first-order valence-electron chi connectivity index (χ1n) is 1.63. The first kappa shape index (κ1) is 15.6. The minimum absolute atomic E-state index is 0. The van der Waals surface area contributed by atoms with Gasteiger partial charge in [0.25, 0.3) is 0 Å². The van der Waals surface area contributed by atoms with Gasteiger partial charge in [-0.05, 0) is 0 Å². The number of hydrogen-bond acceptors (Lipinski definition) is 0. The van der Waals surface area contributed by atoms with Crippen molar-refractivity contribution in [2.24, 2.45) is 0 Å². The normalized spacial score (nSPS) is 3.43. The summed E-state index contributed by atoms with van der Waals surface area (Å²) in [5.74, 6) is 0. The SMILES string of the molecule is C=C[CH2-].C=C[CH2-].[Nd]. The van der Waals surface area contributed by atoms with Crippen LogP contribution in [0.4, 0.5) is 0 Å². The molecular weight excluding hydrogens is 216 g/mol. The van der Waals surface area contributed by atoms with Gasteiger partial charge in [-0.2, -0.15) is 0 Å². The molecule has 0 spiro atoms. The minimum atomic E-state index is 0. The first-order chi connectivity index (χ1) is 2.83. The molecule has 0 radical (unpaired) electrons. The molecule has 1 heteroatoms. The van der Waals surface area contributed by atoms with Crippen LogP contribution >= 0.6 is 0 Å². The Labute approximate surface area is 79.2 Å². The second-order valence-electron chi connectivity index (χ2n) is 0.577. The first-order valence-corrected chi connectivity index (χ1v) is 1.63. The molecule has 0 heterocycles. The van der Waals surface area contributed by atoms with Crippen molar-refractivity contribution in [3.8, 4) is 0 Å². The van der Waals surface area contributed by atoms with E-state index in [1.807, 2.05) is 0 Å². The number of rotatable bonds is 0. The van der Waals surface area contributed by atoms with Gasteiger partial charge in [0.2, 0.25) is 0 Å². The third kappa shape index (κ3) is 422. The molecule has 0 atom stereocenters. The second-order valence-corrected chi connectivity index (χ2v) is 0.577. The van der Waals surface area contributed by atoms with Crippen molar-refractivity contribution in [3.63, 3.8) is 0 Å². The molecule has 0 aromatic heterocycles. The van der Waals surface area contributed by atoms with Crippen molar-refractivity contribution < 1.29 is 40.8 Å². The predicted molar refractivity (Wildman–Crippen MR) is 31.1 cm³/mol. The summed E-state index contributed by atoms with van der Waals surface area (Å²) in [4.78, 5) is 0. The fourth-order valence-electron chi connectivity index (χ4n) is 0. The average molecular weight is 226 g/mol. The van der Waals surface area contributed by atoms with Crippen LogP contribution in [0, 0.1) is 54.7 Å². The fraction of sp³-hybridized carbons (Fsp3) is 0. The van der Waals surface area contributed by atoms with Crippen LogP contribution in [0.2, 0.25) is 0 Å². The van der Waals surface area contributed by atoms with Crippen molar-refractivity contribution in [1.82, 2.24) is 0 Å². The number of allylic oxidation sites excluding steroid dienone is 2. The summed E-state index contributed by atoms with van der Waals surface area (Å²) in [5, 5.41) is 0. The summed E-state index contributed by atoms with van der Waals surface area (Å²) in [7, 11) is 0. The van der Waals surface area contributed by atoms with Crippen LogP contribution in [0.15, 0.2) is 25.3 Å².